The van der Waals surface area contributed by atoms with Gasteiger partial charge in [-0.2, -0.15) is 5.10 Å². The summed E-state index contributed by atoms with van der Waals surface area (Å²) in [5.41, 5.74) is 1.16. The summed E-state index contributed by atoms with van der Waals surface area (Å²) in [6.07, 6.45) is 4.76. The minimum atomic E-state index is 0.676. The van der Waals surface area contributed by atoms with E-state index in [9.17, 15) is 0 Å². The number of aryl methyl sites for hydroxylation is 1. The van der Waals surface area contributed by atoms with Crippen LogP contribution >= 0.6 is 0 Å². The number of aromatic nitrogens is 4. The summed E-state index contributed by atoms with van der Waals surface area (Å²) < 4.78 is 9.84. The molecule has 0 aliphatic heterocycles. The highest BCUT2D eigenvalue weighted by Crippen LogP contribution is 2.27. The monoisotopic (exact) mass is 284 g/mol. The molecule has 0 saturated heterocycles. The van der Waals surface area contributed by atoms with Gasteiger partial charge in [0.2, 0.25) is 0 Å². The number of rotatable bonds is 6. The minimum absolute atomic E-state index is 0.676. The molecule has 5 heteroatoms. The molecule has 0 aliphatic carbocycles. The third kappa shape index (κ3) is 2.63. The van der Waals surface area contributed by atoms with E-state index in [0.29, 0.717) is 6.61 Å². The van der Waals surface area contributed by atoms with Crippen molar-refractivity contribution >= 4 is 10.9 Å². The van der Waals surface area contributed by atoms with Gasteiger partial charge in [-0.25, -0.2) is 9.67 Å². The van der Waals surface area contributed by atoms with Gasteiger partial charge in [0, 0.05) is 18.1 Å². The van der Waals surface area contributed by atoms with E-state index < -0.39 is 0 Å². The third-order valence-electron chi connectivity index (χ3n) is 3.52. The Morgan fingerprint density at radius 1 is 1.19 bits per heavy atom. The second-order valence-corrected chi connectivity index (χ2v) is 4.97. The van der Waals surface area contributed by atoms with Crippen LogP contribution in [0.25, 0.3) is 10.9 Å². The molecule has 0 fully saturated rings. The summed E-state index contributed by atoms with van der Waals surface area (Å²) in [6.45, 7) is 6.45. The van der Waals surface area contributed by atoms with Gasteiger partial charge in [0.25, 0.3) is 0 Å². The van der Waals surface area contributed by atoms with Gasteiger partial charge in [0.15, 0.2) is 0 Å². The van der Waals surface area contributed by atoms with Gasteiger partial charge in [-0.05, 0) is 31.5 Å². The molecular formula is C16H20N4O. The molecule has 0 saturated carbocycles. The largest absolute Gasteiger partial charge is 0.493 e. The number of fused-ring (bicyclic) bond motifs is 1. The van der Waals surface area contributed by atoms with E-state index in [0.717, 1.165) is 42.0 Å². The van der Waals surface area contributed by atoms with Crippen molar-refractivity contribution in [3.05, 3.63) is 42.6 Å². The van der Waals surface area contributed by atoms with E-state index in [1.54, 1.807) is 6.33 Å². The lowest BCUT2D eigenvalue weighted by molar-refractivity contribution is 0.344. The first-order chi connectivity index (χ1) is 10.3. The molecule has 110 valence electrons. The predicted molar refractivity (Wildman–Crippen MR) is 82.5 cm³/mol. The normalized spacial score (nSPS) is 11.1. The van der Waals surface area contributed by atoms with Crippen LogP contribution in [-0.4, -0.2) is 25.9 Å². The Morgan fingerprint density at radius 3 is 2.90 bits per heavy atom. The van der Waals surface area contributed by atoms with Crippen molar-refractivity contribution in [2.75, 3.05) is 6.61 Å². The van der Waals surface area contributed by atoms with Crippen LogP contribution in [0.15, 0.2) is 36.8 Å². The van der Waals surface area contributed by atoms with Crippen molar-refractivity contribution in [2.24, 2.45) is 0 Å². The van der Waals surface area contributed by atoms with Crippen molar-refractivity contribution in [2.45, 2.75) is 33.4 Å². The van der Waals surface area contributed by atoms with E-state index in [1.807, 2.05) is 23.7 Å². The summed E-state index contributed by atoms with van der Waals surface area (Å²) in [5.74, 6) is 1.92. The molecule has 0 amide bonds. The summed E-state index contributed by atoms with van der Waals surface area (Å²) in [6, 6.07) is 8.25. The smallest absolute Gasteiger partial charge is 0.146 e. The molecule has 0 N–H and O–H groups in total. The minimum Gasteiger partial charge on any atom is -0.493 e. The van der Waals surface area contributed by atoms with E-state index in [1.165, 1.54) is 0 Å². The predicted octanol–water partition coefficient (Wildman–Crippen LogP) is 3.09. The number of hydrogen-bond acceptors (Lipinski definition) is 3. The van der Waals surface area contributed by atoms with Crippen molar-refractivity contribution in [1.29, 1.82) is 0 Å². The second kappa shape index (κ2) is 5.99. The van der Waals surface area contributed by atoms with Gasteiger partial charge in [-0.15, -0.1) is 0 Å². The Kier molecular flexibility index (Phi) is 3.90. The molecule has 21 heavy (non-hydrogen) atoms. The van der Waals surface area contributed by atoms with Gasteiger partial charge in [-0.1, -0.05) is 13.0 Å². The number of nitrogens with zero attached hydrogens (tertiary/aromatic N) is 4. The van der Waals surface area contributed by atoms with Crippen LogP contribution in [0.2, 0.25) is 0 Å². The van der Waals surface area contributed by atoms with E-state index >= 15 is 0 Å². The first-order valence-corrected chi connectivity index (χ1v) is 7.40. The Bertz CT molecular complexity index is 729. The highest BCUT2D eigenvalue weighted by atomic mass is 16.5. The van der Waals surface area contributed by atoms with Crippen LogP contribution in [0, 0.1) is 0 Å². The zero-order valence-electron chi connectivity index (χ0n) is 12.5. The quantitative estimate of drug-likeness (QED) is 0.698. The zero-order chi connectivity index (χ0) is 14.7. The van der Waals surface area contributed by atoms with E-state index in [-0.39, 0.29) is 0 Å². The second-order valence-electron chi connectivity index (χ2n) is 4.97. The number of benzene rings is 1. The Morgan fingerprint density at radius 2 is 2.10 bits per heavy atom. The number of hydrogen-bond donors (Lipinski definition) is 0. The molecule has 0 bridgehead atoms. The first-order valence-electron chi connectivity index (χ1n) is 7.40. The maximum atomic E-state index is 5.68. The maximum Gasteiger partial charge on any atom is 0.146 e. The molecule has 2 heterocycles. The summed E-state index contributed by atoms with van der Waals surface area (Å²) >= 11 is 0. The van der Waals surface area contributed by atoms with Crippen molar-refractivity contribution in [1.82, 2.24) is 19.3 Å². The molecule has 0 atom stereocenters. The fourth-order valence-electron chi connectivity index (χ4n) is 2.58. The fourth-order valence-corrected chi connectivity index (χ4v) is 2.58. The average molecular weight is 284 g/mol. The van der Waals surface area contributed by atoms with Crippen LogP contribution in [0.1, 0.15) is 26.1 Å². The molecule has 3 rings (SSSR count). The standard InChI is InChI=1S/C16H20N4O/c1-3-9-20-16(17-12-18-20)11-19-10-8-13-14(19)6-5-7-15(13)21-4-2/h5-8,10,12H,3-4,9,11H2,1-2H3. The third-order valence-corrected chi connectivity index (χ3v) is 3.52. The molecule has 0 spiro atoms. The molecule has 3 aromatic rings. The lowest BCUT2D eigenvalue weighted by Crippen LogP contribution is -2.09. The average Bonchev–Trinajstić information content (AvgIpc) is 3.09. The van der Waals surface area contributed by atoms with Crippen molar-refractivity contribution in [3.8, 4) is 5.75 Å². The van der Waals surface area contributed by atoms with Crippen LogP contribution in [-0.2, 0) is 13.1 Å². The molecule has 0 aliphatic rings. The van der Waals surface area contributed by atoms with Crippen LogP contribution in [0.3, 0.4) is 0 Å². The van der Waals surface area contributed by atoms with Crippen LogP contribution in [0.5, 0.6) is 5.75 Å². The molecule has 5 nitrogen and oxygen atoms in total. The maximum absolute atomic E-state index is 5.68. The van der Waals surface area contributed by atoms with Crippen molar-refractivity contribution in [3.63, 3.8) is 0 Å². The van der Waals surface area contributed by atoms with Crippen molar-refractivity contribution < 1.29 is 4.74 Å². The molecule has 0 radical (unpaired) electrons. The van der Waals surface area contributed by atoms with Crippen LogP contribution in [0.4, 0.5) is 0 Å². The van der Waals surface area contributed by atoms with E-state index in [2.05, 4.69) is 39.9 Å². The highest BCUT2D eigenvalue weighted by Gasteiger charge is 2.09. The lowest BCUT2D eigenvalue weighted by Gasteiger charge is -2.08. The first kappa shape index (κ1) is 13.7. The van der Waals surface area contributed by atoms with Gasteiger partial charge in [-0.3, -0.25) is 0 Å². The molecule has 2 aromatic heterocycles. The zero-order valence-corrected chi connectivity index (χ0v) is 12.5. The summed E-state index contributed by atoms with van der Waals surface area (Å²) in [5, 5.41) is 5.42. The van der Waals surface area contributed by atoms with Crippen LogP contribution < -0.4 is 4.74 Å². The summed E-state index contributed by atoms with van der Waals surface area (Å²) in [4.78, 5) is 4.38. The Labute approximate surface area is 124 Å². The molecular weight excluding hydrogens is 264 g/mol. The Balaban J connectivity index is 1.94. The van der Waals surface area contributed by atoms with Gasteiger partial charge < -0.3 is 9.30 Å². The lowest BCUT2D eigenvalue weighted by atomic mass is 10.2. The van der Waals surface area contributed by atoms with Gasteiger partial charge in [0.1, 0.15) is 17.9 Å². The van der Waals surface area contributed by atoms with Gasteiger partial charge in [0.05, 0.1) is 18.7 Å². The highest BCUT2D eigenvalue weighted by molar-refractivity contribution is 5.86. The summed E-state index contributed by atoms with van der Waals surface area (Å²) in [7, 11) is 0. The molecule has 1 aromatic carbocycles. The van der Waals surface area contributed by atoms with Gasteiger partial charge >= 0.3 is 0 Å². The SMILES string of the molecule is CCCn1ncnc1Cn1ccc2c(OCC)cccc21. The fraction of sp³-hybridized carbons (Fsp3) is 0.375. The van der Waals surface area contributed by atoms with E-state index in [4.69, 9.17) is 4.74 Å². The molecule has 0 unspecified atom stereocenters. The Hall–Kier alpha value is -2.30. The number of ether oxygens (including phenoxy) is 1. The topological polar surface area (TPSA) is 44.9 Å².